The first-order valence-corrected chi connectivity index (χ1v) is 8.33. The fraction of sp³-hybridized carbons (Fsp3) is 0.421. The van der Waals surface area contributed by atoms with Crippen LogP contribution >= 0.6 is 0 Å². The fourth-order valence-electron chi connectivity index (χ4n) is 2.47. The Morgan fingerprint density at radius 3 is 2.44 bits per heavy atom. The highest BCUT2D eigenvalue weighted by molar-refractivity contribution is 5.97. The number of carbonyl (C=O) groups is 2. The largest absolute Gasteiger partial charge is 0.480 e. The van der Waals surface area contributed by atoms with E-state index in [0.717, 1.165) is 5.69 Å². The van der Waals surface area contributed by atoms with Gasteiger partial charge in [-0.15, -0.1) is 0 Å². The molecule has 1 atom stereocenters. The van der Waals surface area contributed by atoms with Crippen LogP contribution in [0.1, 0.15) is 49.7 Å². The summed E-state index contributed by atoms with van der Waals surface area (Å²) in [5.74, 6) is -1.44. The molecule has 2 N–H and O–H groups in total. The maximum Gasteiger partial charge on any atom is 0.326 e. The van der Waals surface area contributed by atoms with E-state index in [1.807, 2.05) is 51.1 Å². The van der Waals surface area contributed by atoms with E-state index in [9.17, 15) is 14.7 Å². The Morgan fingerprint density at radius 2 is 1.88 bits per heavy atom. The van der Waals surface area contributed by atoms with Gasteiger partial charge in [0, 0.05) is 6.20 Å². The van der Waals surface area contributed by atoms with E-state index in [0.29, 0.717) is 24.1 Å². The molecule has 1 heterocycles. The molecule has 134 valence electrons. The predicted octanol–water partition coefficient (Wildman–Crippen LogP) is 3.19. The van der Waals surface area contributed by atoms with Crippen molar-refractivity contribution in [2.24, 2.45) is 5.41 Å². The Kier molecular flexibility index (Phi) is 5.62. The third-order valence-electron chi connectivity index (χ3n) is 3.95. The first-order valence-electron chi connectivity index (χ1n) is 8.33. The van der Waals surface area contributed by atoms with Gasteiger partial charge in [-0.25, -0.2) is 9.48 Å². The summed E-state index contributed by atoms with van der Waals surface area (Å²) in [5, 5.41) is 16.3. The molecule has 1 aromatic heterocycles. The van der Waals surface area contributed by atoms with Crippen molar-refractivity contribution in [3.05, 3.63) is 47.8 Å². The first kappa shape index (κ1) is 18.7. The second kappa shape index (κ2) is 7.51. The number of nitrogens with one attached hydrogen (secondary N) is 1. The number of nitrogens with zero attached hydrogens (tertiary/aromatic N) is 2. The predicted molar refractivity (Wildman–Crippen MR) is 95.9 cm³/mol. The Balaban J connectivity index is 2.14. The standard InChI is InChI=1S/C19H25N3O3/c1-13-15(12-22(21-13)14-8-6-5-7-9-14)17(23)20-16(18(24)25)10-11-19(2,3)4/h5-9,12,16H,10-11H2,1-4H3,(H,20,23)(H,24,25). The highest BCUT2D eigenvalue weighted by Crippen LogP contribution is 2.22. The molecule has 6 nitrogen and oxygen atoms in total. The summed E-state index contributed by atoms with van der Waals surface area (Å²) in [5.41, 5.74) is 1.78. The zero-order chi connectivity index (χ0) is 18.6. The second-order valence-electron chi connectivity index (χ2n) is 7.37. The molecule has 0 saturated carbocycles. The lowest BCUT2D eigenvalue weighted by molar-refractivity contribution is -0.139. The normalized spacial score (nSPS) is 12.6. The molecular weight excluding hydrogens is 318 g/mol. The summed E-state index contributed by atoms with van der Waals surface area (Å²) >= 11 is 0. The highest BCUT2D eigenvalue weighted by Gasteiger charge is 2.24. The minimum absolute atomic E-state index is 0.00649. The van der Waals surface area contributed by atoms with Crippen molar-refractivity contribution in [3.8, 4) is 5.69 Å². The number of aryl methyl sites for hydroxylation is 1. The number of carboxylic acids is 1. The van der Waals surface area contributed by atoms with Gasteiger partial charge in [0.1, 0.15) is 6.04 Å². The lowest BCUT2D eigenvalue weighted by Gasteiger charge is -2.21. The van der Waals surface area contributed by atoms with Gasteiger partial charge in [0.05, 0.1) is 16.9 Å². The van der Waals surface area contributed by atoms with Crippen LogP contribution in [0.15, 0.2) is 36.5 Å². The van der Waals surface area contributed by atoms with Crippen molar-refractivity contribution < 1.29 is 14.7 Å². The van der Waals surface area contributed by atoms with Crippen LogP contribution in [0, 0.1) is 12.3 Å². The molecule has 2 aromatic rings. The smallest absolute Gasteiger partial charge is 0.326 e. The van der Waals surface area contributed by atoms with Crippen LogP contribution in [-0.4, -0.2) is 32.8 Å². The molecule has 0 spiro atoms. The van der Waals surface area contributed by atoms with Gasteiger partial charge >= 0.3 is 5.97 Å². The van der Waals surface area contributed by atoms with Gasteiger partial charge in [-0.05, 0) is 37.3 Å². The van der Waals surface area contributed by atoms with Crippen LogP contribution in [0.3, 0.4) is 0 Å². The zero-order valence-corrected chi connectivity index (χ0v) is 15.1. The average molecular weight is 343 g/mol. The molecule has 1 unspecified atom stereocenters. The summed E-state index contributed by atoms with van der Waals surface area (Å²) in [6.45, 7) is 7.87. The Hall–Kier alpha value is -2.63. The Labute approximate surface area is 147 Å². The van der Waals surface area contributed by atoms with E-state index in [1.165, 1.54) is 0 Å². The van der Waals surface area contributed by atoms with Crippen LogP contribution in [0.2, 0.25) is 0 Å². The summed E-state index contributed by atoms with van der Waals surface area (Å²) < 4.78 is 1.62. The van der Waals surface area contributed by atoms with E-state index in [2.05, 4.69) is 10.4 Å². The van der Waals surface area contributed by atoms with Crippen molar-refractivity contribution in [1.29, 1.82) is 0 Å². The quantitative estimate of drug-likeness (QED) is 0.843. The maximum atomic E-state index is 12.5. The molecule has 1 amide bonds. The average Bonchev–Trinajstić information content (AvgIpc) is 2.93. The molecule has 6 heteroatoms. The maximum absolute atomic E-state index is 12.5. The van der Waals surface area contributed by atoms with Gasteiger partial charge in [0.2, 0.25) is 0 Å². The molecule has 0 fully saturated rings. The number of hydrogen-bond donors (Lipinski definition) is 2. The number of hydrogen-bond acceptors (Lipinski definition) is 3. The highest BCUT2D eigenvalue weighted by atomic mass is 16.4. The Morgan fingerprint density at radius 1 is 1.24 bits per heavy atom. The minimum Gasteiger partial charge on any atom is -0.480 e. The molecule has 25 heavy (non-hydrogen) atoms. The SMILES string of the molecule is Cc1nn(-c2ccccc2)cc1C(=O)NC(CCC(C)(C)C)C(=O)O. The summed E-state index contributed by atoms with van der Waals surface area (Å²) in [7, 11) is 0. The third-order valence-corrected chi connectivity index (χ3v) is 3.95. The van der Waals surface area contributed by atoms with Crippen LogP contribution in [-0.2, 0) is 4.79 Å². The molecule has 0 aliphatic rings. The molecule has 2 rings (SSSR count). The van der Waals surface area contributed by atoms with E-state index >= 15 is 0 Å². The summed E-state index contributed by atoms with van der Waals surface area (Å²) in [4.78, 5) is 24.0. The lowest BCUT2D eigenvalue weighted by Crippen LogP contribution is -2.41. The van der Waals surface area contributed by atoms with Crippen molar-refractivity contribution >= 4 is 11.9 Å². The molecule has 0 radical (unpaired) electrons. The summed E-state index contributed by atoms with van der Waals surface area (Å²) in [6, 6.07) is 8.54. The van der Waals surface area contributed by atoms with E-state index in [4.69, 9.17) is 0 Å². The van der Waals surface area contributed by atoms with Crippen LogP contribution in [0.25, 0.3) is 5.69 Å². The third kappa shape index (κ3) is 5.17. The van der Waals surface area contributed by atoms with Gasteiger partial charge in [-0.3, -0.25) is 4.79 Å². The van der Waals surface area contributed by atoms with Gasteiger partial charge in [0.15, 0.2) is 0 Å². The first-order chi connectivity index (χ1) is 11.7. The molecule has 0 aliphatic heterocycles. The topological polar surface area (TPSA) is 84.2 Å². The fourth-order valence-corrected chi connectivity index (χ4v) is 2.47. The monoisotopic (exact) mass is 343 g/mol. The molecular formula is C19H25N3O3. The number of benzene rings is 1. The number of aromatic nitrogens is 2. The minimum atomic E-state index is -1.02. The molecule has 0 aliphatic carbocycles. The van der Waals surface area contributed by atoms with Gasteiger partial charge < -0.3 is 10.4 Å². The number of aliphatic carboxylic acids is 1. The van der Waals surface area contributed by atoms with E-state index < -0.39 is 17.9 Å². The zero-order valence-electron chi connectivity index (χ0n) is 15.1. The number of amides is 1. The number of rotatable bonds is 6. The van der Waals surface area contributed by atoms with E-state index in [1.54, 1.807) is 17.8 Å². The van der Waals surface area contributed by atoms with Crippen molar-refractivity contribution in [3.63, 3.8) is 0 Å². The van der Waals surface area contributed by atoms with Gasteiger partial charge in [0.25, 0.3) is 5.91 Å². The van der Waals surface area contributed by atoms with Crippen LogP contribution in [0.5, 0.6) is 0 Å². The van der Waals surface area contributed by atoms with Crippen LogP contribution in [0.4, 0.5) is 0 Å². The van der Waals surface area contributed by atoms with Crippen LogP contribution < -0.4 is 5.32 Å². The molecule has 0 bridgehead atoms. The van der Waals surface area contributed by atoms with Crippen molar-refractivity contribution in [2.45, 2.75) is 46.6 Å². The summed E-state index contributed by atoms with van der Waals surface area (Å²) in [6.07, 6.45) is 2.71. The van der Waals surface area contributed by atoms with Gasteiger partial charge in [-0.1, -0.05) is 39.0 Å². The number of carboxylic acid groups (broad SMARTS) is 1. The van der Waals surface area contributed by atoms with Gasteiger partial charge in [-0.2, -0.15) is 5.10 Å². The van der Waals surface area contributed by atoms with Crippen molar-refractivity contribution in [1.82, 2.24) is 15.1 Å². The number of carbonyl (C=O) groups excluding carboxylic acids is 1. The van der Waals surface area contributed by atoms with Crippen molar-refractivity contribution in [2.75, 3.05) is 0 Å². The lowest BCUT2D eigenvalue weighted by atomic mass is 9.88. The Bertz CT molecular complexity index is 745. The van der Waals surface area contributed by atoms with E-state index in [-0.39, 0.29) is 5.41 Å². The molecule has 0 saturated heterocycles. The second-order valence-corrected chi connectivity index (χ2v) is 7.37. The molecule has 1 aromatic carbocycles. The number of para-hydroxylation sites is 1.